The fourth-order valence-electron chi connectivity index (χ4n) is 3.05. The summed E-state index contributed by atoms with van der Waals surface area (Å²) in [7, 11) is 1.86. The second-order valence-electron chi connectivity index (χ2n) is 5.83. The van der Waals surface area contributed by atoms with Gasteiger partial charge in [0.1, 0.15) is 12.4 Å². The highest BCUT2D eigenvalue weighted by Crippen LogP contribution is 2.26. The number of cyclic esters (lactones) is 1. The third-order valence-electron chi connectivity index (χ3n) is 4.42. The second kappa shape index (κ2) is 6.54. The van der Waals surface area contributed by atoms with Gasteiger partial charge in [-0.2, -0.15) is 0 Å². The molecule has 7 heteroatoms. The van der Waals surface area contributed by atoms with E-state index in [9.17, 15) is 14.0 Å². The van der Waals surface area contributed by atoms with E-state index >= 15 is 0 Å². The zero-order valence-corrected chi connectivity index (χ0v) is 13.1. The van der Waals surface area contributed by atoms with Gasteiger partial charge in [0.2, 0.25) is 5.91 Å². The molecule has 0 aliphatic carbocycles. The Morgan fingerprint density at radius 3 is 2.78 bits per heavy atom. The van der Waals surface area contributed by atoms with E-state index in [0.717, 1.165) is 0 Å². The summed E-state index contributed by atoms with van der Waals surface area (Å²) in [5.41, 5.74) is 0.330. The minimum Gasteiger partial charge on any atom is -0.448 e. The van der Waals surface area contributed by atoms with Gasteiger partial charge in [0.25, 0.3) is 0 Å². The number of benzene rings is 1. The van der Waals surface area contributed by atoms with Crippen molar-refractivity contribution in [2.24, 2.45) is 0 Å². The average molecular weight is 321 g/mol. The van der Waals surface area contributed by atoms with Crippen molar-refractivity contribution in [1.82, 2.24) is 9.80 Å². The molecule has 1 aromatic carbocycles. The minimum absolute atomic E-state index is 0.0957. The van der Waals surface area contributed by atoms with E-state index in [0.29, 0.717) is 44.9 Å². The van der Waals surface area contributed by atoms with Crippen LogP contribution in [0, 0.1) is 5.82 Å². The number of likely N-dealkylation sites (N-methyl/N-ethyl adjacent to an activating group) is 1. The molecule has 0 N–H and O–H groups in total. The van der Waals surface area contributed by atoms with Gasteiger partial charge in [0.05, 0.1) is 18.3 Å². The maximum Gasteiger partial charge on any atom is 0.409 e. The Labute approximate surface area is 134 Å². The molecule has 2 heterocycles. The number of halogens is 1. The number of carbonyl (C=O) groups is 2. The molecule has 2 saturated heterocycles. The topological polar surface area (TPSA) is 53.1 Å². The Morgan fingerprint density at radius 2 is 2.09 bits per heavy atom. The number of ether oxygens (including phenoxy) is 1. The molecule has 0 saturated carbocycles. The van der Waals surface area contributed by atoms with E-state index < -0.39 is 0 Å². The van der Waals surface area contributed by atoms with Gasteiger partial charge in [0, 0.05) is 19.6 Å². The number of carbonyl (C=O) groups excluding carboxylic acids is 2. The molecule has 3 rings (SSSR count). The number of para-hydroxylation sites is 1. The Bertz CT molecular complexity index is 610. The summed E-state index contributed by atoms with van der Waals surface area (Å²) in [4.78, 5) is 29.0. The summed E-state index contributed by atoms with van der Waals surface area (Å²) < 4.78 is 18.8. The molecular formula is C16H20FN3O3. The van der Waals surface area contributed by atoms with Gasteiger partial charge < -0.3 is 14.5 Å². The Hall–Kier alpha value is -2.15. The molecule has 0 bridgehead atoms. The lowest BCUT2D eigenvalue weighted by Gasteiger charge is -2.25. The summed E-state index contributed by atoms with van der Waals surface area (Å²) in [5, 5.41) is 0. The number of rotatable bonds is 5. The first-order chi connectivity index (χ1) is 11.1. The van der Waals surface area contributed by atoms with E-state index in [-0.39, 0.29) is 23.9 Å². The molecule has 0 spiro atoms. The van der Waals surface area contributed by atoms with Gasteiger partial charge >= 0.3 is 6.09 Å². The largest absolute Gasteiger partial charge is 0.448 e. The Kier molecular flexibility index (Phi) is 4.47. The SMILES string of the molecule is CN(CCN1CCOC1=O)C1CCN(c2ccccc2F)C1=O. The summed E-state index contributed by atoms with van der Waals surface area (Å²) >= 11 is 0. The van der Waals surface area contributed by atoms with Gasteiger partial charge in [-0.25, -0.2) is 9.18 Å². The molecule has 1 unspecified atom stereocenters. The van der Waals surface area contributed by atoms with Crippen molar-refractivity contribution < 1.29 is 18.7 Å². The van der Waals surface area contributed by atoms with Crippen molar-refractivity contribution in [2.45, 2.75) is 12.5 Å². The van der Waals surface area contributed by atoms with Crippen LogP contribution in [0.15, 0.2) is 24.3 Å². The number of nitrogens with zero attached hydrogens (tertiary/aromatic N) is 3. The minimum atomic E-state index is -0.385. The summed E-state index contributed by atoms with van der Waals surface area (Å²) in [6, 6.07) is 6.03. The van der Waals surface area contributed by atoms with Crippen LogP contribution in [-0.4, -0.2) is 67.7 Å². The van der Waals surface area contributed by atoms with Crippen LogP contribution in [-0.2, 0) is 9.53 Å². The van der Waals surface area contributed by atoms with Gasteiger partial charge in [-0.3, -0.25) is 9.69 Å². The molecule has 0 radical (unpaired) electrons. The van der Waals surface area contributed by atoms with Gasteiger partial charge in [-0.1, -0.05) is 12.1 Å². The Morgan fingerprint density at radius 1 is 1.30 bits per heavy atom. The maximum atomic E-state index is 13.9. The van der Waals surface area contributed by atoms with E-state index in [2.05, 4.69) is 0 Å². The van der Waals surface area contributed by atoms with Crippen LogP contribution in [0.3, 0.4) is 0 Å². The van der Waals surface area contributed by atoms with E-state index in [1.54, 1.807) is 23.1 Å². The smallest absolute Gasteiger partial charge is 0.409 e. The molecule has 2 amide bonds. The van der Waals surface area contributed by atoms with Crippen LogP contribution in [0.4, 0.5) is 14.9 Å². The monoisotopic (exact) mass is 321 g/mol. The fourth-order valence-corrected chi connectivity index (χ4v) is 3.05. The third-order valence-corrected chi connectivity index (χ3v) is 4.42. The molecular weight excluding hydrogens is 301 g/mol. The zero-order chi connectivity index (χ0) is 16.4. The standard InChI is InChI=1S/C16H20FN3O3/c1-18(8-9-19-10-11-23-16(19)22)14-6-7-20(15(14)21)13-5-3-2-4-12(13)17/h2-5,14H,6-11H2,1H3. The number of hydrogen-bond acceptors (Lipinski definition) is 4. The lowest BCUT2D eigenvalue weighted by Crippen LogP contribution is -2.43. The summed E-state index contributed by atoms with van der Waals surface area (Å²) in [6.45, 7) is 2.62. The van der Waals surface area contributed by atoms with E-state index in [1.165, 1.54) is 11.0 Å². The van der Waals surface area contributed by atoms with Crippen molar-refractivity contribution in [2.75, 3.05) is 44.7 Å². The first-order valence-electron chi connectivity index (χ1n) is 7.76. The van der Waals surface area contributed by atoms with Crippen LogP contribution in [0.5, 0.6) is 0 Å². The van der Waals surface area contributed by atoms with Gasteiger partial charge in [-0.05, 0) is 25.6 Å². The average Bonchev–Trinajstić information content (AvgIpc) is 3.11. The van der Waals surface area contributed by atoms with Crippen LogP contribution in [0.1, 0.15) is 6.42 Å². The molecule has 124 valence electrons. The van der Waals surface area contributed by atoms with Crippen molar-refractivity contribution in [3.05, 3.63) is 30.1 Å². The quantitative estimate of drug-likeness (QED) is 0.821. The molecule has 2 aliphatic heterocycles. The molecule has 2 aliphatic rings. The van der Waals surface area contributed by atoms with Crippen LogP contribution >= 0.6 is 0 Å². The molecule has 6 nitrogen and oxygen atoms in total. The predicted octanol–water partition coefficient (Wildman–Crippen LogP) is 1.31. The lowest BCUT2D eigenvalue weighted by molar-refractivity contribution is -0.121. The normalized spacial score (nSPS) is 21.4. The lowest BCUT2D eigenvalue weighted by atomic mass is 10.2. The summed E-state index contributed by atoms with van der Waals surface area (Å²) in [6.07, 6.45) is 0.345. The van der Waals surface area contributed by atoms with Gasteiger partial charge in [0.15, 0.2) is 0 Å². The molecule has 23 heavy (non-hydrogen) atoms. The molecule has 2 fully saturated rings. The van der Waals surface area contributed by atoms with Crippen molar-refractivity contribution >= 4 is 17.7 Å². The summed E-state index contributed by atoms with van der Waals surface area (Å²) in [5.74, 6) is -0.481. The van der Waals surface area contributed by atoms with Crippen LogP contribution in [0.25, 0.3) is 0 Å². The molecule has 1 aromatic rings. The zero-order valence-electron chi connectivity index (χ0n) is 13.1. The van der Waals surface area contributed by atoms with Crippen molar-refractivity contribution in [3.8, 4) is 0 Å². The van der Waals surface area contributed by atoms with Crippen molar-refractivity contribution in [1.29, 1.82) is 0 Å². The number of hydrogen-bond donors (Lipinski definition) is 0. The first-order valence-corrected chi connectivity index (χ1v) is 7.76. The highest BCUT2D eigenvalue weighted by molar-refractivity contribution is 5.99. The first kappa shape index (κ1) is 15.7. The maximum absolute atomic E-state index is 13.9. The number of amides is 2. The van der Waals surface area contributed by atoms with Crippen LogP contribution < -0.4 is 4.90 Å². The van der Waals surface area contributed by atoms with E-state index in [4.69, 9.17) is 4.74 Å². The van der Waals surface area contributed by atoms with E-state index in [1.807, 2.05) is 11.9 Å². The van der Waals surface area contributed by atoms with Crippen molar-refractivity contribution in [3.63, 3.8) is 0 Å². The fraction of sp³-hybridized carbons (Fsp3) is 0.500. The van der Waals surface area contributed by atoms with Gasteiger partial charge in [-0.15, -0.1) is 0 Å². The molecule has 1 atom stereocenters. The predicted molar refractivity (Wildman–Crippen MR) is 82.7 cm³/mol. The highest BCUT2D eigenvalue weighted by atomic mass is 19.1. The second-order valence-corrected chi connectivity index (χ2v) is 5.83. The third kappa shape index (κ3) is 3.14. The molecule has 0 aromatic heterocycles. The Balaban J connectivity index is 1.60. The van der Waals surface area contributed by atoms with Crippen LogP contribution in [0.2, 0.25) is 0 Å². The number of anilines is 1. The highest BCUT2D eigenvalue weighted by Gasteiger charge is 2.36.